The molecule has 100 valence electrons. The Balaban J connectivity index is 2.48. The van der Waals surface area contributed by atoms with E-state index in [1.54, 1.807) is 12.1 Å². The van der Waals surface area contributed by atoms with Crippen molar-refractivity contribution in [3.63, 3.8) is 0 Å². The normalized spacial score (nSPS) is 10.8. The van der Waals surface area contributed by atoms with Crippen LogP contribution in [-0.4, -0.2) is 37.3 Å². The SMILES string of the molecule is Cc1ccc2nc(SCC(=O)O)n(CC(N)=O)c2n1. The lowest BCUT2D eigenvalue weighted by molar-refractivity contribution is -0.133. The number of thioether (sulfide) groups is 1. The molecule has 0 aliphatic rings. The predicted octanol–water partition coefficient (Wildman–Crippen LogP) is 0.402. The van der Waals surface area contributed by atoms with Crippen molar-refractivity contribution in [2.24, 2.45) is 5.73 Å². The molecule has 2 rings (SSSR count). The van der Waals surface area contributed by atoms with E-state index in [4.69, 9.17) is 10.8 Å². The maximum atomic E-state index is 11.1. The van der Waals surface area contributed by atoms with Gasteiger partial charge in [-0.15, -0.1) is 0 Å². The van der Waals surface area contributed by atoms with E-state index < -0.39 is 11.9 Å². The Morgan fingerprint density at radius 1 is 1.42 bits per heavy atom. The lowest BCUT2D eigenvalue weighted by Gasteiger charge is -2.04. The highest BCUT2D eigenvalue weighted by Crippen LogP contribution is 2.23. The number of carboxylic acids is 1. The van der Waals surface area contributed by atoms with Crippen LogP contribution in [0.5, 0.6) is 0 Å². The van der Waals surface area contributed by atoms with Gasteiger partial charge in [-0.25, -0.2) is 9.97 Å². The summed E-state index contributed by atoms with van der Waals surface area (Å²) in [4.78, 5) is 30.3. The third-order valence-corrected chi connectivity index (χ3v) is 3.30. The van der Waals surface area contributed by atoms with Gasteiger partial charge < -0.3 is 10.8 Å². The molecular formula is C11H12N4O3S. The van der Waals surface area contributed by atoms with Gasteiger partial charge in [0.2, 0.25) is 5.91 Å². The first-order valence-corrected chi connectivity index (χ1v) is 6.42. The first-order valence-electron chi connectivity index (χ1n) is 5.44. The van der Waals surface area contributed by atoms with Gasteiger partial charge >= 0.3 is 5.97 Å². The Morgan fingerprint density at radius 3 is 2.79 bits per heavy atom. The van der Waals surface area contributed by atoms with Gasteiger partial charge in [0.1, 0.15) is 12.1 Å². The van der Waals surface area contributed by atoms with E-state index in [9.17, 15) is 9.59 Å². The molecule has 19 heavy (non-hydrogen) atoms. The molecule has 0 aliphatic carbocycles. The molecule has 0 aromatic carbocycles. The number of primary amides is 1. The van der Waals surface area contributed by atoms with Crippen LogP contribution < -0.4 is 5.73 Å². The molecule has 0 saturated heterocycles. The third kappa shape index (κ3) is 3.02. The number of aliphatic carboxylic acids is 1. The number of carbonyl (C=O) groups is 2. The first kappa shape index (κ1) is 13.3. The van der Waals surface area contributed by atoms with Crippen molar-refractivity contribution in [3.8, 4) is 0 Å². The maximum Gasteiger partial charge on any atom is 0.313 e. The van der Waals surface area contributed by atoms with Crippen molar-refractivity contribution in [1.82, 2.24) is 14.5 Å². The van der Waals surface area contributed by atoms with Crippen molar-refractivity contribution < 1.29 is 14.7 Å². The smallest absolute Gasteiger partial charge is 0.313 e. The van der Waals surface area contributed by atoms with Crippen LogP contribution in [0.2, 0.25) is 0 Å². The molecule has 0 unspecified atom stereocenters. The van der Waals surface area contributed by atoms with Crippen LogP contribution >= 0.6 is 11.8 Å². The predicted molar refractivity (Wildman–Crippen MR) is 69.8 cm³/mol. The van der Waals surface area contributed by atoms with Crippen LogP contribution in [0.4, 0.5) is 0 Å². The number of nitrogens with two attached hydrogens (primary N) is 1. The summed E-state index contributed by atoms with van der Waals surface area (Å²) < 4.78 is 1.54. The second-order valence-electron chi connectivity index (χ2n) is 3.92. The van der Waals surface area contributed by atoms with Crippen molar-refractivity contribution in [2.45, 2.75) is 18.6 Å². The van der Waals surface area contributed by atoms with Crippen molar-refractivity contribution >= 4 is 34.8 Å². The summed E-state index contributed by atoms with van der Waals surface area (Å²) >= 11 is 1.03. The fraction of sp³-hybridized carbons (Fsp3) is 0.273. The number of aryl methyl sites for hydroxylation is 1. The third-order valence-electron chi connectivity index (χ3n) is 2.34. The number of carbonyl (C=O) groups excluding carboxylic acids is 1. The summed E-state index contributed by atoms with van der Waals surface area (Å²) in [5.74, 6) is -1.62. The summed E-state index contributed by atoms with van der Waals surface area (Å²) in [6.45, 7) is 1.75. The Hall–Kier alpha value is -2.09. The highest BCUT2D eigenvalue weighted by molar-refractivity contribution is 7.99. The van der Waals surface area contributed by atoms with Gasteiger partial charge in [-0.3, -0.25) is 14.2 Å². The van der Waals surface area contributed by atoms with Crippen LogP contribution in [0.25, 0.3) is 11.2 Å². The maximum absolute atomic E-state index is 11.1. The van der Waals surface area contributed by atoms with Gasteiger partial charge in [0, 0.05) is 5.69 Å². The quantitative estimate of drug-likeness (QED) is 0.767. The summed E-state index contributed by atoms with van der Waals surface area (Å²) in [6, 6.07) is 3.58. The molecule has 2 heterocycles. The summed E-state index contributed by atoms with van der Waals surface area (Å²) in [5, 5.41) is 9.13. The zero-order valence-electron chi connectivity index (χ0n) is 10.2. The fourth-order valence-electron chi connectivity index (χ4n) is 1.61. The minimum Gasteiger partial charge on any atom is -0.481 e. The summed E-state index contributed by atoms with van der Waals surface area (Å²) in [5.41, 5.74) is 7.13. The van der Waals surface area contributed by atoms with E-state index in [0.717, 1.165) is 17.5 Å². The number of imidazole rings is 1. The monoisotopic (exact) mass is 280 g/mol. The number of hydrogen-bond acceptors (Lipinski definition) is 5. The molecule has 0 radical (unpaired) electrons. The zero-order chi connectivity index (χ0) is 14.0. The van der Waals surface area contributed by atoms with E-state index in [0.29, 0.717) is 16.3 Å². The number of carboxylic acid groups (broad SMARTS) is 1. The Morgan fingerprint density at radius 2 is 2.16 bits per heavy atom. The first-order chi connectivity index (χ1) is 8.97. The van der Waals surface area contributed by atoms with Crippen LogP contribution in [0.15, 0.2) is 17.3 Å². The van der Waals surface area contributed by atoms with Gasteiger partial charge in [-0.1, -0.05) is 11.8 Å². The van der Waals surface area contributed by atoms with Gasteiger partial charge in [0.05, 0.1) is 5.75 Å². The van der Waals surface area contributed by atoms with E-state index in [2.05, 4.69) is 9.97 Å². The summed E-state index contributed by atoms with van der Waals surface area (Å²) in [7, 11) is 0. The highest BCUT2D eigenvalue weighted by Gasteiger charge is 2.15. The van der Waals surface area contributed by atoms with Crippen molar-refractivity contribution in [1.29, 1.82) is 0 Å². The second kappa shape index (κ2) is 5.27. The molecule has 8 heteroatoms. The Labute approximate surface area is 112 Å². The van der Waals surface area contributed by atoms with Crippen LogP contribution in [0.3, 0.4) is 0 Å². The van der Waals surface area contributed by atoms with E-state index in [1.165, 1.54) is 4.57 Å². The van der Waals surface area contributed by atoms with Crippen LogP contribution in [-0.2, 0) is 16.1 Å². The van der Waals surface area contributed by atoms with Crippen molar-refractivity contribution in [2.75, 3.05) is 5.75 Å². The van der Waals surface area contributed by atoms with Gasteiger partial charge in [0.15, 0.2) is 10.8 Å². The topological polar surface area (TPSA) is 111 Å². The molecule has 3 N–H and O–H groups in total. The van der Waals surface area contributed by atoms with Crippen LogP contribution in [0, 0.1) is 6.92 Å². The average Bonchev–Trinajstić information content (AvgIpc) is 2.64. The highest BCUT2D eigenvalue weighted by atomic mass is 32.2. The van der Waals surface area contributed by atoms with E-state index in [-0.39, 0.29) is 12.3 Å². The molecule has 7 nitrogen and oxygen atoms in total. The lowest BCUT2D eigenvalue weighted by atomic mass is 10.3. The number of fused-ring (bicyclic) bond motifs is 1. The number of pyridine rings is 1. The van der Waals surface area contributed by atoms with E-state index >= 15 is 0 Å². The molecule has 0 spiro atoms. The minimum atomic E-state index is -0.952. The average molecular weight is 280 g/mol. The Bertz CT molecular complexity index is 653. The number of nitrogens with zero attached hydrogens (tertiary/aromatic N) is 3. The van der Waals surface area contributed by atoms with Crippen molar-refractivity contribution in [3.05, 3.63) is 17.8 Å². The van der Waals surface area contributed by atoms with E-state index in [1.807, 2.05) is 6.92 Å². The molecule has 0 bridgehead atoms. The van der Waals surface area contributed by atoms with Gasteiger partial charge in [-0.2, -0.15) is 0 Å². The molecule has 0 saturated carbocycles. The largest absolute Gasteiger partial charge is 0.481 e. The minimum absolute atomic E-state index is 0.0745. The summed E-state index contributed by atoms with van der Waals surface area (Å²) in [6.07, 6.45) is 0. The Kier molecular flexibility index (Phi) is 3.70. The van der Waals surface area contributed by atoms with Gasteiger partial charge in [0.25, 0.3) is 0 Å². The molecule has 0 fully saturated rings. The standard InChI is InChI=1S/C11H12N4O3S/c1-6-2-3-7-10(13-6)15(4-8(12)16)11(14-7)19-5-9(17)18/h2-3H,4-5H2,1H3,(H2,12,16)(H,17,18). The fourth-order valence-corrected chi connectivity index (χ4v) is 2.33. The zero-order valence-corrected chi connectivity index (χ0v) is 11.0. The van der Waals surface area contributed by atoms with Gasteiger partial charge in [-0.05, 0) is 19.1 Å². The number of aromatic nitrogens is 3. The molecule has 0 aliphatic heterocycles. The second-order valence-corrected chi connectivity index (χ2v) is 4.87. The molecular weight excluding hydrogens is 268 g/mol. The lowest BCUT2D eigenvalue weighted by Crippen LogP contribution is -2.19. The number of amides is 1. The molecule has 1 amide bonds. The number of hydrogen-bond donors (Lipinski definition) is 2. The molecule has 0 atom stereocenters. The van der Waals surface area contributed by atoms with Crippen LogP contribution in [0.1, 0.15) is 5.69 Å². The number of rotatable bonds is 5. The molecule has 2 aromatic rings. The molecule has 2 aromatic heterocycles.